The van der Waals surface area contributed by atoms with Gasteiger partial charge in [-0.3, -0.25) is 0 Å². The maximum absolute atomic E-state index is 12.7. The van der Waals surface area contributed by atoms with E-state index in [-0.39, 0.29) is 23.4 Å². The first kappa shape index (κ1) is 14.1. The summed E-state index contributed by atoms with van der Waals surface area (Å²) in [5, 5.41) is 9.64. The van der Waals surface area contributed by atoms with Crippen molar-refractivity contribution in [2.75, 3.05) is 0 Å². The highest BCUT2D eigenvalue weighted by Crippen LogP contribution is 2.33. The van der Waals surface area contributed by atoms with Gasteiger partial charge in [-0.05, 0) is 37.5 Å². The van der Waals surface area contributed by atoms with Crippen LogP contribution in [0, 0.1) is 6.92 Å². The van der Waals surface area contributed by atoms with Crippen molar-refractivity contribution >= 4 is 10.0 Å². The molecule has 1 saturated carbocycles. The van der Waals surface area contributed by atoms with E-state index in [0.717, 1.165) is 18.4 Å². The molecule has 2 aromatic rings. The van der Waals surface area contributed by atoms with E-state index in [1.165, 1.54) is 10.5 Å². The van der Waals surface area contributed by atoms with Gasteiger partial charge in [-0.25, -0.2) is 13.4 Å². The number of nitrogens with zero attached hydrogens (tertiary/aromatic N) is 2. The Hall–Kier alpha value is -1.86. The van der Waals surface area contributed by atoms with Crippen LogP contribution in [0.15, 0.2) is 35.5 Å². The van der Waals surface area contributed by atoms with E-state index in [2.05, 4.69) is 9.97 Å². The third kappa shape index (κ3) is 2.93. The fraction of sp³-hybridized carbons (Fsp3) is 0.357. The lowest BCUT2D eigenvalue weighted by Crippen LogP contribution is -2.32. The van der Waals surface area contributed by atoms with Crippen molar-refractivity contribution in [2.45, 2.75) is 37.4 Å². The molecule has 0 amide bonds. The molecule has 0 atom stereocenters. The van der Waals surface area contributed by atoms with E-state index in [1.54, 1.807) is 25.1 Å². The minimum absolute atomic E-state index is 0.0287. The monoisotopic (exact) mass is 307 g/mol. The number of hydrogen-bond donors (Lipinski definition) is 2. The first-order valence-electron chi connectivity index (χ1n) is 6.78. The SMILES string of the molecule is Cc1ncc(S(=O)(=O)N(Cc2cccc(O)c2)C2CC2)[nH]1. The molecule has 1 fully saturated rings. The number of aromatic amines is 1. The number of phenolic OH excluding ortho intramolecular Hbond substituents is 1. The van der Waals surface area contributed by atoms with E-state index < -0.39 is 10.0 Å². The molecular weight excluding hydrogens is 290 g/mol. The minimum atomic E-state index is -3.59. The summed E-state index contributed by atoms with van der Waals surface area (Å²) in [6.07, 6.45) is 3.08. The van der Waals surface area contributed by atoms with Crippen molar-refractivity contribution in [3.8, 4) is 5.75 Å². The van der Waals surface area contributed by atoms with Gasteiger partial charge in [0.05, 0.1) is 6.20 Å². The number of rotatable bonds is 5. The van der Waals surface area contributed by atoms with Crippen LogP contribution in [-0.2, 0) is 16.6 Å². The Kier molecular flexibility index (Phi) is 3.46. The molecule has 0 saturated heterocycles. The van der Waals surface area contributed by atoms with Crippen LogP contribution in [0.5, 0.6) is 5.75 Å². The van der Waals surface area contributed by atoms with Crippen LogP contribution in [0.3, 0.4) is 0 Å². The molecule has 112 valence electrons. The average Bonchev–Trinajstić information content (AvgIpc) is 3.16. The summed E-state index contributed by atoms with van der Waals surface area (Å²) in [5.41, 5.74) is 0.765. The van der Waals surface area contributed by atoms with Crippen LogP contribution in [0.1, 0.15) is 24.2 Å². The summed E-state index contributed by atoms with van der Waals surface area (Å²) in [5.74, 6) is 0.708. The highest BCUT2D eigenvalue weighted by atomic mass is 32.2. The third-order valence-electron chi connectivity index (χ3n) is 3.47. The standard InChI is InChI=1S/C14H17N3O3S/c1-10-15-8-14(16-10)21(19,20)17(12-5-6-12)9-11-3-2-4-13(18)7-11/h2-4,7-8,12,18H,5-6,9H2,1H3,(H,15,16). The minimum Gasteiger partial charge on any atom is -0.508 e. The van der Waals surface area contributed by atoms with E-state index in [9.17, 15) is 13.5 Å². The molecule has 0 unspecified atom stereocenters. The summed E-state index contributed by atoms with van der Waals surface area (Å²) in [4.78, 5) is 6.75. The summed E-state index contributed by atoms with van der Waals surface area (Å²) in [6, 6.07) is 6.70. The maximum atomic E-state index is 12.7. The molecule has 1 aromatic heterocycles. The number of aromatic hydroxyl groups is 1. The summed E-state index contributed by atoms with van der Waals surface area (Å²) >= 11 is 0. The molecule has 0 aliphatic heterocycles. The Morgan fingerprint density at radius 1 is 1.43 bits per heavy atom. The summed E-state index contributed by atoms with van der Waals surface area (Å²) < 4.78 is 26.9. The van der Waals surface area contributed by atoms with Crippen LogP contribution in [0.2, 0.25) is 0 Å². The predicted molar refractivity (Wildman–Crippen MR) is 77.2 cm³/mol. The van der Waals surface area contributed by atoms with Gasteiger partial charge in [0.1, 0.15) is 11.6 Å². The largest absolute Gasteiger partial charge is 0.508 e. The van der Waals surface area contributed by atoms with Crippen molar-refractivity contribution in [1.82, 2.24) is 14.3 Å². The van der Waals surface area contributed by atoms with Gasteiger partial charge in [0.25, 0.3) is 10.0 Å². The topological polar surface area (TPSA) is 86.3 Å². The zero-order valence-electron chi connectivity index (χ0n) is 11.7. The molecule has 0 bridgehead atoms. The van der Waals surface area contributed by atoms with Gasteiger partial charge in [0.2, 0.25) is 0 Å². The van der Waals surface area contributed by atoms with Crippen LogP contribution in [0.25, 0.3) is 0 Å². The third-order valence-corrected chi connectivity index (χ3v) is 5.28. The van der Waals surface area contributed by atoms with Crippen molar-refractivity contribution in [3.05, 3.63) is 41.9 Å². The number of hydrogen-bond acceptors (Lipinski definition) is 4. The number of imidazole rings is 1. The lowest BCUT2D eigenvalue weighted by Gasteiger charge is -2.21. The first-order valence-corrected chi connectivity index (χ1v) is 8.22. The average molecular weight is 307 g/mol. The highest BCUT2D eigenvalue weighted by Gasteiger charge is 2.38. The number of phenols is 1. The lowest BCUT2D eigenvalue weighted by molar-refractivity contribution is 0.395. The Morgan fingerprint density at radius 2 is 2.19 bits per heavy atom. The zero-order chi connectivity index (χ0) is 15.0. The molecule has 1 aliphatic carbocycles. The molecule has 21 heavy (non-hydrogen) atoms. The second-order valence-corrected chi connectivity index (χ2v) is 7.14. The van der Waals surface area contributed by atoms with E-state index >= 15 is 0 Å². The second-order valence-electron chi connectivity index (χ2n) is 5.28. The smallest absolute Gasteiger partial charge is 0.260 e. The molecule has 1 heterocycles. The molecule has 1 aromatic carbocycles. The van der Waals surface area contributed by atoms with Crippen LogP contribution in [0.4, 0.5) is 0 Å². The Labute approximate surface area is 123 Å². The molecule has 7 heteroatoms. The molecule has 3 rings (SSSR count). The van der Waals surface area contributed by atoms with Gasteiger partial charge in [-0.2, -0.15) is 4.31 Å². The molecule has 6 nitrogen and oxygen atoms in total. The van der Waals surface area contributed by atoms with Gasteiger partial charge in [0.15, 0.2) is 5.03 Å². The number of aromatic nitrogens is 2. The van der Waals surface area contributed by atoms with Crippen molar-refractivity contribution in [3.63, 3.8) is 0 Å². The number of benzene rings is 1. The van der Waals surface area contributed by atoms with Crippen molar-refractivity contribution in [2.24, 2.45) is 0 Å². The quantitative estimate of drug-likeness (QED) is 0.881. The van der Waals surface area contributed by atoms with Crippen molar-refractivity contribution in [1.29, 1.82) is 0 Å². The lowest BCUT2D eigenvalue weighted by atomic mass is 10.2. The molecule has 1 aliphatic rings. The second kappa shape index (κ2) is 5.16. The Bertz CT molecular complexity index is 750. The van der Waals surface area contributed by atoms with E-state index in [1.807, 2.05) is 6.07 Å². The van der Waals surface area contributed by atoms with Gasteiger partial charge >= 0.3 is 0 Å². The van der Waals surface area contributed by atoms with Crippen LogP contribution in [-0.4, -0.2) is 33.8 Å². The fourth-order valence-corrected chi connectivity index (χ4v) is 3.90. The number of H-pyrrole nitrogens is 1. The molecule has 2 N–H and O–H groups in total. The number of aryl methyl sites for hydroxylation is 1. The Morgan fingerprint density at radius 3 is 2.76 bits per heavy atom. The normalized spacial score (nSPS) is 15.5. The molecular formula is C14H17N3O3S. The van der Waals surface area contributed by atoms with Crippen LogP contribution >= 0.6 is 0 Å². The highest BCUT2D eigenvalue weighted by molar-refractivity contribution is 7.89. The first-order chi connectivity index (χ1) is 9.96. The Balaban J connectivity index is 1.91. The van der Waals surface area contributed by atoms with Gasteiger partial charge in [-0.15, -0.1) is 0 Å². The van der Waals surface area contributed by atoms with Gasteiger partial charge in [-0.1, -0.05) is 12.1 Å². The zero-order valence-corrected chi connectivity index (χ0v) is 12.5. The maximum Gasteiger partial charge on any atom is 0.260 e. The number of sulfonamides is 1. The van der Waals surface area contributed by atoms with E-state index in [0.29, 0.717) is 5.82 Å². The number of nitrogens with one attached hydrogen (secondary N) is 1. The molecule has 0 spiro atoms. The molecule has 0 radical (unpaired) electrons. The predicted octanol–water partition coefficient (Wildman–Crippen LogP) is 1.78. The van der Waals surface area contributed by atoms with Crippen molar-refractivity contribution < 1.29 is 13.5 Å². The fourth-order valence-electron chi connectivity index (χ4n) is 2.26. The van der Waals surface area contributed by atoms with E-state index in [4.69, 9.17) is 0 Å². The van der Waals surface area contributed by atoms with Crippen LogP contribution < -0.4 is 0 Å². The summed E-state index contributed by atoms with van der Waals surface area (Å²) in [7, 11) is -3.59. The van der Waals surface area contributed by atoms with Gasteiger partial charge in [0, 0.05) is 12.6 Å². The summed E-state index contributed by atoms with van der Waals surface area (Å²) in [6.45, 7) is 1.97. The van der Waals surface area contributed by atoms with Gasteiger partial charge < -0.3 is 10.1 Å².